The fourth-order valence-electron chi connectivity index (χ4n) is 1.67. The molecule has 0 spiro atoms. The minimum atomic E-state index is 0.437. The lowest BCUT2D eigenvalue weighted by Gasteiger charge is -2.04. The number of nitrogen functional groups attached to an aromatic ring is 1. The molecule has 15 heavy (non-hydrogen) atoms. The van der Waals surface area contributed by atoms with Crippen LogP contribution in [0, 0.1) is 0 Å². The predicted octanol–water partition coefficient (Wildman–Crippen LogP) is 2.42. The third-order valence-corrected chi connectivity index (χ3v) is 3.23. The Hall–Kier alpha value is -0.640. The van der Waals surface area contributed by atoms with Crippen molar-refractivity contribution >= 4 is 17.6 Å². The van der Waals surface area contributed by atoms with Crippen LogP contribution in [0.4, 0.5) is 5.82 Å². The fraction of sp³-hybridized carbons (Fsp3) is 0.727. The number of imidazole rings is 1. The van der Waals surface area contributed by atoms with E-state index in [1.807, 2.05) is 23.4 Å². The summed E-state index contributed by atoms with van der Waals surface area (Å²) in [5.74, 6) is 3.53. The fourth-order valence-corrected chi connectivity index (χ4v) is 2.10. The van der Waals surface area contributed by atoms with E-state index in [9.17, 15) is 0 Å². The molecule has 0 aliphatic rings. The van der Waals surface area contributed by atoms with Gasteiger partial charge >= 0.3 is 0 Å². The van der Waals surface area contributed by atoms with E-state index in [1.165, 1.54) is 5.75 Å². The zero-order valence-corrected chi connectivity index (χ0v) is 10.9. The lowest BCUT2D eigenvalue weighted by Crippen LogP contribution is -2.03. The van der Waals surface area contributed by atoms with Crippen LogP contribution in [0.25, 0.3) is 0 Å². The van der Waals surface area contributed by atoms with Crippen molar-refractivity contribution in [3.05, 3.63) is 11.5 Å². The van der Waals surface area contributed by atoms with E-state index in [0.717, 1.165) is 30.2 Å². The lowest BCUT2D eigenvalue weighted by atomic mass is 10.2. The molecule has 0 aromatic carbocycles. The van der Waals surface area contributed by atoms with Crippen molar-refractivity contribution in [3.63, 3.8) is 0 Å². The van der Waals surface area contributed by atoms with Gasteiger partial charge in [0.1, 0.15) is 11.6 Å². The summed E-state index contributed by atoms with van der Waals surface area (Å²) in [5, 5.41) is 0. The molecule has 1 aromatic rings. The van der Waals surface area contributed by atoms with Crippen molar-refractivity contribution in [2.24, 2.45) is 7.05 Å². The summed E-state index contributed by atoms with van der Waals surface area (Å²) in [5.41, 5.74) is 7.08. The van der Waals surface area contributed by atoms with E-state index < -0.39 is 0 Å². The Kier molecular flexibility index (Phi) is 4.51. The van der Waals surface area contributed by atoms with Gasteiger partial charge in [0.15, 0.2) is 0 Å². The van der Waals surface area contributed by atoms with E-state index in [4.69, 9.17) is 5.73 Å². The predicted molar refractivity (Wildman–Crippen MR) is 68.4 cm³/mol. The van der Waals surface area contributed by atoms with Crippen molar-refractivity contribution in [1.82, 2.24) is 9.55 Å². The molecule has 0 unspecified atom stereocenters. The molecule has 0 saturated carbocycles. The maximum absolute atomic E-state index is 6.02. The first kappa shape index (κ1) is 12.4. The molecule has 3 nitrogen and oxygen atoms in total. The van der Waals surface area contributed by atoms with Gasteiger partial charge in [-0.2, -0.15) is 11.8 Å². The largest absolute Gasteiger partial charge is 0.384 e. The van der Waals surface area contributed by atoms with Crippen LogP contribution in [-0.2, 0) is 13.5 Å². The highest BCUT2D eigenvalue weighted by Crippen LogP contribution is 2.20. The molecule has 0 atom stereocenters. The van der Waals surface area contributed by atoms with Gasteiger partial charge in [-0.25, -0.2) is 4.98 Å². The zero-order valence-electron chi connectivity index (χ0n) is 10.1. The number of hydrogen-bond donors (Lipinski definition) is 1. The summed E-state index contributed by atoms with van der Waals surface area (Å²) >= 11 is 1.87. The minimum Gasteiger partial charge on any atom is -0.384 e. The first-order chi connectivity index (χ1) is 7.07. The topological polar surface area (TPSA) is 43.8 Å². The van der Waals surface area contributed by atoms with Crippen LogP contribution in [-0.4, -0.2) is 21.6 Å². The number of thioether (sulfide) groups is 1. The third-order valence-electron chi connectivity index (χ3n) is 2.53. The Morgan fingerprint density at radius 1 is 1.47 bits per heavy atom. The highest BCUT2D eigenvalue weighted by Gasteiger charge is 2.13. The van der Waals surface area contributed by atoms with Crippen LogP contribution < -0.4 is 5.73 Å². The Balaban J connectivity index is 2.76. The molecule has 0 fully saturated rings. The number of aromatic nitrogens is 2. The first-order valence-electron chi connectivity index (χ1n) is 5.37. The molecule has 1 aromatic heterocycles. The molecular weight excluding hydrogens is 206 g/mol. The van der Waals surface area contributed by atoms with Crippen LogP contribution in [0.5, 0.6) is 0 Å². The van der Waals surface area contributed by atoms with Crippen molar-refractivity contribution in [2.45, 2.75) is 32.6 Å². The van der Waals surface area contributed by atoms with E-state index >= 15 is 0 Å². The molecule has 0 aliphatic heterocycles. The van der Waals surface area contributed by atoms with Gasteiger partial charge in [0, 0.05) is 13.0 Å². The molecule has 0 amide bonds. The molecule has 4 heteroatoms. The van der Waals surface area contributed by atoms with Gasteiger partial charge in [-0.1, -0.05) is 13.8 Å². The third kappa shape index (κ3) is 2.91. The molecule has 0 radical (unpaired) electrons. The van der Waals surface area contributed by atoms with E-state index in [2.05, 4.69) is 25.1 Å². The van der Waals surface area contributed by atoms with Gasteiger partial charge in [-0.15, -0.1) is 0 Å². The number of aryl methyl sites for hydroxylation is 1. The van der Waals surface area contributed by atoms with Crippen LogP contribution in [0.15, 0.2) is 0 Å². The number of nitrogens with two attached hydrogens (primary N) is 1. The van der Waals surface area contributed by atoms with Gasteiger partial charge in [0.05, 0.1) is 5.69 Å². The minimum absolute atomic E-state index is 0.437. The molecule has 1 rings (SSSR count). The average molecular weight is 227 g/mol. The molecule has 0 bridgehead atoms. The molecule has 2 N–H and O–H groups in total. The molecule has 86 valence electrons. The van der Waals surface area contributed by atoms with Crippen LogP contribution in [0.3, 0.4) is 0 Å². The summed E-state index contributed by atoms with van der Waals surface area (Å²) in [6, 6.07) is 0. The smallest absolute Gasteiger partial charge is 0.126 e. The standard InChI is InChI=1S/C11H21N3S/c1-8(2)11-13-9(6-5-7-15-4)10(12)14(11)3/h8H,5-7,12H2,1-4H3. The quantitative estimate of drug-likeness (QED) is 0.786. The average Bonchev–Trinajstić information content (AvgIpc) is 2.46. The summed E-state index contributed by atoms with van der Waals surface area (Å²) in [4.78, 5) is 4.61. The Labute approximate surface area is 96.5 Å². The zero-order chi connectivity index (χ0) is 11.4. The molecular formula is C11H21N3S. The van der Waals surface area contributed by atoms with E-state index in [-0.39, 0.29) is 0 Å². The second kappa shape index (κ2) is 5.45. The SMILES string of the molecule is CSCCCc1nc(C(C)C)n(C)c1N. The second-order valence-electron chi connectivity index (χ2n) is 4.11. The van der Waals surface area contributed by atoms with E-state index in [1.54, 1.807) is 0 Å². The van der Waals surface area contributed by atoms with Gasteiger partial charge in [-0.3, -0.25) is 0 Å². The number of hydrogen-bond acceptors (Lipinski definition) is 3. The molecule has 0 saturated heterocycles. The second-order valence-corrected chi connectivity index (χ2v) is 5.10. The van der Waals surface area contributed by atoms with Gasteiger partial charge < -0.3 is 10.3 Å². The van der Waals surface area contributed by atoms with E-state index in [0.29, 0.717) is 5.92 Å². The highest BCUT2D eigenvalue weighted by molar-refractivity contribution is 7.98. The van der Waals surface area contributed by atoms with Crippen LogP contribution >= 0.6 is 11.8 Å². The maximum Gasteiger partial charge on any atom is 0.126 e. The van der Waals surface area contributed by atoms with Gasteiger partial charge in [-0.05, 0) is 24.9 Å². The number of anilines is 1. The number of rotatable bonds is 5. The Bertz CT molecular complexity index is 318. The summed E-state index contributed by atoms with van der Waals surface area (Å²) in [6.07, 6.45) is 4.27. The van der Waals surface area contributed by atoms with Crippen LogP contribution in [0.1, 0.15) is 37.7 Å². The van der Waals surface area contributed by atoms with Crippen molar-refractivity contribution in [3.8, 4) is 0 Å². The maximum atomic E-state index is 6.02. The summed E-state index contributed by atoms with van der Waals surface area (Å²) < 4.78 is 2.01. The Morgan fingerprint density at radius 3 is 2.60 bits per heavy atom. The van der Waals surface area contributed by atoms with Gasteiger partial charge in [0.2, 0.25) is 0 Å². The van der Waals surface area contributed by atoms with Crippen LogP contribution in [0.2, 0.25) is 0 Å². The normalized spacial score (nSPS) is 11.3. The first-order valence-corrected chi connectivity index (χ1v) is 6.77. The summed E-state index contributed by atoms with van der Waals surface area (Å²) in [6.45, 7) is 4.29. The van der Waals surface area contributed by atoms with Gasteiger partial charge in [0.25, 0.3) is 0 Å². The molecule has 1 heterocycles. The molecule has 0 aliphatic carbocycles. The monoisotopic (exact) mass is 227 g/mol. The Morgan fingerprint density at radius 2 is 2.13 bits per heavy atom. The van der Waals surface area contributed by atoms with Crippen molar-refractivity contribution in [2.75, 3.05) is 17.7 Å². The highest BCUT2D eigenvalue weighted by atomic mass is 32.2. The van der Waals surface area contributed by atoms with Crippen molar-refractivity contribution < 1.29 is 0 Å². The lowest BCUT2D eigenvalue weighted by molar-refractivity contribution is 0.713. The summed E-state index contributed by atoms with van der Waals surface area (Å²) in [7, 11) is 2.00. The van der Waals surface area contributed by atoms with Crippen molar-refractivity contribution in [1.29, 1.82) is 0 Å². The number of nitrogens with zero attached hydrogens (tertiary/aromatic N) is 2.